The van der Waals surface area contributed by atoms with Gasteiger partial charge in [0.15, 0.2) is 17.7 Å². The molecule has 0 spiro atoms. The Hall–Kier alpha value is -1.30. The van der Waals surface area contributed by atoms with Crippen molar-refractivity contribution in [2.75, 3.05) is 12.3 Å². The topological polar surface area (TPSA) is 93.5 Å². The molecule has 3 atom stereocenters. The number of ether oxygens (including phenoxy) is 1. The van der Waals surface area contributed by atoms with Crippen LogP contribution in [0.1, 0.15) is 13.2 Å². The van der Waals surface area contributed by atoms with Crippen LogP contribution in [0, 0.1) is 10.6 Å². The van der Waals surface area contributed by atoms with E-state index in [0.29, 0.717) is 0 Å². The quantitative estimate of drug-likeness (QED) is 0.554. The van der Waals surface area contributed by atoms with Gasteiger partial charge in [-0.2, -0.15) is 18.2 Å². The average Bonchev–Trinajstić information content (AvgIpc) is 2.38. The maximum Gasteiger partial charge on any atom is 0.417 e. The molecule has 2 unspecified atom stereocenters. The molecule has 1 aromatic rings. The number of aliphatic hydroxyl groups is 2. The van der Waals surface area contributed by atoms with E-state index in [1.807, 2.05) is 0 Å². The maximum atomic E-state index is 13.3. The average molecular weight is 331 g/mol. The van der Waals surface area contributed by atoms with Gasteiger partial charge in [0, 0.05) is 6.20 Å². The molecule has 4 N–H and O–H groups in total. The third-order valence-corrected chi connectivity index (χ3v) is 2.87. The van der Waals surface area contributed by atoms with Crippen LogP contribution in [-0.4, -0.2) is 44.8 Å². The molecule has 21 heavy (non-hydrogen) atoms. The van der Waals surface area contributed by atoms with Crippen molar-refractivity contribution in [2.24, 2.45) is 0 Å². The van der Waals surface area contributed by atoms with Crippen LogP contribution in [0.15, 0.2) is 6.20 Å². The van der Waals surface area contributed by atoms with Gasteiger partial charge in [-0.3, -0.25) is 4.57 Å². The largest absolute Gasteiger partial charge is 0.417 e. The highest BCUT2D eigenvalue weighted by molar-refractivity contribution is 7.71. The number of hydrogen-bond acceptors (Lipinski definition) is 6. The lowest BCUT2D eigenvalue weighted by atomic mass is 10.2. The summed E-state index contributed by atoms with van der Waals surface area (Å²) in [6, 6.07) is 0. The minimum Gasteiger partial charge on any atom is -0.394 e. The molecule has 11 heteroatoms. The molecule has 0 aromatic carbocycles. The molecular weight excluding hydrogens is 318 g/mol. The fourth-order valence-electron chi connectivity index (χ4n) is 1.46. The molecule has 1 rings (SSSR count). The Morgan fingerprint density at radius 1 is 1.52 bits per heavy atom. The Kier molecular flexibility index (Phi) is 5.61. The number of anilines is 1. The normalized spacial score (nSPS) is 16.5. The fraction of sp³-hybridized carbons (Fsp3) is 0.600. The monoisotopic (exact) mass is 331 g/mol. The van der Waals surface area contributed by atoms with Crippen molar-refractivity contribution in [3.05, 3.63) is 16.8 Å². The zero-order valence-electron chi connectivity index (χ0n) is 10.7. The Morgan fingerprint density at radius 2 is 2.10 bits per heavy atom. The Balaban J connectivity index is 2.96. The highest BCUT2D eigenvalue weighted by Crippen LogP contribution is 2.26. The lowest BCUT2D eigenvalue weighted by molar-refractivity contribution is -0.251. The summed E-state index contributed by atoms with van der Waals surface area (Å²) in [4.78, 5) is 3.47. The van der Waals surface area contributed by atoms with E-state index in [2.05, 4.69) is 4.98 Å². The van der Waals surface area contributed by atoms with Gasteiger partial charge in [0.05, 0.1) is 6.61 Å². The summed E-state index contributed by atoms with van der Waals surface area (Å²) in [6.45, 7) is 0.155. The number of alkyl halides is 3. The van der Waals surface area contributed by atoms with Gasteiger partial charge in [0.1, 0.15) is 12.3 Å². The van der Waals surface area contributed by atoms with Crippen molar-refractivity contribution < 1.29 is 32.5 Å². The first-order chi connectivity index (χ1) is 9.57. The van der Waals surface area contributed by atoms with Crippen molar-refractivity contribution >= 4 is 18.0 Å². The summed E-state index contributed by atoms with van der Waals surface area (Å²) in [5.41, 5.74) is 5.19. The first kappa shape index (κ1) is 17.8. The molecule has 0 saturated heterocycles. The molecule has 1 aromatic heterocycles. The lowest BCUT2D eigenvalue weighted by Crippen LogP contribution is -2.44. The molecule has 0 aliphatic heterocycles. The highest BCUT2D eigenvalue weighted by Gasteiger charge is 2.44. The summed E-state index contributed by atoms with van der Waals surface area (Å²) < 4.78 is 56.0. The van der Waals surface area contributed by atoms with Crippen LogP contribution in [0.4, 0.5) is 23.4 Å². The minimum absolute atomic E-state index is 0.223. The summed E-state index contributed by atoms with van der Waals surface area (Å²) in [6.07, 6.45) is -10.2. The van der Waals surface area contributed by atoms with Crippen LogP contribution in [-0.2, 0) is 4.74 Å². The summed E-state index contributed by atoms with van der Waals surface area (Å²) in [7, 11) is 0. The molecule has 0 aliphatic carbocycles. The Bertz CT molecular complexity index is 551. The van der Waals surface area contributed by atoms with Gasteiger partial charge < -0.3 is 20.7 Å². The smallest absolute Gasteiger partial charge is 0.394 e. The molecule has 6 nitrogen and oxygen atoms in total. The maximum absolute atomic E-state index is 13.3. The highest BCUT2D eigenvalue weighted by atomic mass is 32.1. The van der Waals surface area contributed by atoms with Crippen molar-refractivity contribution in [1.29, 1.82) is 0 Å². The van der Waals surface area contributed by atoms with Crippen molar-refractivity contribution in [2.45, 2.75) is 31.5 Å². The number of aliphatic hydroxyl groups excluding tert-OH is 2. The second-order valence-electron chi connectivity index (χ2n) is 4.11. The second kappa shape index (κ2) is 6.64. The molecule has 0 fully saturated rings. The lowest BCUT2D eigenvalue weighted by Gasteiger charge is -2.27. The molecule has 0 radical (unpaired) electrons. The van der Waals surface area contributed by atoms with Gasteiger partial charge in [-0.15, -0.1) is 0 Å². The van der Waals surface area contributed by atoms with Gasteiger partial charge in [-0.25, -0.2) is 4.39 Å². The number of halogens is 4. The third-order valence-electron chi connectivity index (χ3n) is 2.57. The zero-order chi connectivity index (χ0) is 16.4. The van der Waals surface area contributed by atoms with Gasteiger partial charge in [-0.1, -0.05) is 0 Å². The zero-order valence-corrected chi connectivity index (χ0v) is 11.5. The summed E-state index contributed by atoms with van der Waals surface area (Å²) in [5.74, 6) is -1.39. The van der Waals surface area contributed by atoms with Crippen LogP contribution in [0.3, 0.4) is 0 Å². The number of hydrogen-bond donors (Lipinski definition) is 3. The van der Waals surface area contributed by atoms with Crippen molar-refractivity contribution in [3.8, 4) is 0 Å². The standard InChI is InChI=1S/C10H13F4N3O3S/c1-4(17-2-5(11)8(15)16-9(17)21)20-6(3-18)7(19)10(12,13)14/h2,4,6-7,18-19H,3H2,1H3,(H2,15,16,21)/t4?,6?,7-/m0/s1. The number of nitrogen functional groups attached to an aromatic ring is 1. The summed E-state index contributed by atoms with van der Waals surface area (Å²) >= 11 is 4.78. The molecule has 0 saturated carbocycles. The molecule has 120 valence electrons. The van der Waals surface area contributed by atoms with E-state index in [0.717, 1.165) is 10.8 Å². The molecule has 0 bridgehead atoms. The van der Waals surface area contributed by atoms with Crippen molar-refractivity contribution in [3.63, 3.8) is 0 Å². The van der Waals surface area contributed by atoms with Crippen LogP contribution in [0.5, 0.6) is 0 Å². The van der Waals surface area contributed by atoms with Gasteiger partial charge in [0.25, 0.3) is 0 Å². The first-order valence-corrected chi connectivity index (χ1v) is 6.04. The van der Waals surface area contributed by atoms with E-state index in [-0.39, 0.29) is 4.77 Å². The minimum atomic E-state index is -4.97. The van der Waals surface area contributed by atoms with Crippen LogP contribution < -0.4 is 5.73 Å². The van der Waals surface area contributed by atoms with Crippen LogP contribution >= 0.6 is 12.2 Å². The van der Waals surface area contributed by atoms with E-state index >= 15 is 0 Å². The number of nitrogens with zero attached hydrogens (tertiary/aromatic N) is 2. The molecule has 0 aliphatic rings. The SMILES string of the molecule is CC(OC(CO)[C@H](O)C(F)(F)F)n1cc(F)c(N)nc1=S. The molecule has 0 amide bonds. The third kappa shape index (κ3) is 4.33. The fourth-order valence-corrected chi connectivity index (χ4v) is 1.76. The van der Waals surface area contributed by atoms with Crippen LogP contribution in [0.25, 0.3) is 0 Å². The van der Waals surface area contributed by atoms with Gasteiger partial charge in [-0.05, 0) is 19.1 Å². The van der Waals surface area contributed by atoms with Crippen molar-refractivity contribution in [1.82, 2.24) is 9.55 Å². The Morgan fingerprint density at radius 3 is 2.57 bits per heavy atom. The first-order valence-electron chi connectivity index (χ1n) is 5.63. The second-order valence-corrected chi connectivity index (χ2v) is 4.47. The number of nitrogens with two attached hydrogens (primary N) is 1. The molecular formula is C10H13F4N3O3S. The van der Waals surface area contributed by atoms with E-state index < -0.39 is 42.9 Å². The predicted octanol–water partition coefficient (Wildman–Crippen LogP) is 1.15. The van der Waals surface area contributed by atoms with E-state index in [9.17, 15) is 17.6 Å². The van der Waals surface area contributed by atoms with Gasteiger partial charge in [0.2, 0.25) is 4.77 Å². The van der Waals surface area contributed by atoms with Gasteiger partial charge >= 0.3 is 6.18 Å². The van der Waals surface area contributed by atoms with Crippen LogP contribution in [0.2, 0.25) is 0 Å². The molecule has 1 heterocycles. The van der Waals surface area contributed by atoms with E-state index in [1.54, 1.807) is 0 Å². The Labute approximate surface area is 121 Å². The summed E-state index contributed by atoms with van der Waals surface area (Å²) in [5, 5.41) is 17.9. The number of aromatic nitrogens is 2. The number of rotatable bonds is 5. The van der Waals surface area contributed by atoms with E-state index in [4.69, 9.17) is 32.9 Å². The predicted molar refractivity (Wildman–Crippen MR) is 66.2 cm³/mol. The van der Waals surface area contributed by atoms with E-state index in [1.165, 1.54) is 6.92 Å².